The first kappa shape index (κ1) is 28.4. The van der Waals surface area contributed by atoms with Crippen LogP contribution in [0, 0.1) is 0 Å². The van der Waals surface area contributed by atoms with Crippen LogP contribution in [0.2, 0.25) is 19.6 Å². The van der Waals surface area contributed by atoms with Crippen molar-refractivity contribution in [2.45, 2.75) is 71.5 Å². The smallest absolute Gasteiger partial charge is 0.0920 e. The van der Waals surface area contributed by atoms with Crippen LogP contribution in [0.15, 0.2) is 32.1 Å². The van der Waals surface area contributed by atoms with Gasteiger partial charge in [0.25, 0.3) is 0 Å². The minimum Gasteiger partial charge on any atom is -0.148 e. The molecule has 7 aromatic rings. The van der Waals surface area contributed by atoms with Gasteiger partial charge in [-0.15, -0.1) is 79.4 Å². The van der Waals surface area contributed by atoms with Gasteiger partial charge in [-0.1, -0.05) is 58.7 Å². The lowest BCUT2D eigenvalue weighted by Gasteiger charge is -2.14. The van der Waals surface area contributed by atoms with Gasteiger partial charge in [0.2, 0.25) is 0 Å². The van der Waals surface area contributed by atoms with Crippen molar-refractivity contribution in [1.29, 1.82) is 0 Å². The third-order valence-electron chi connectivity index (χ3n) is 7.67. The third-order valence-corrected chi connectivity index (χ3v) is 20.6. The van der Waals surface area contributed by atoms with Crippen molar-refractivity contribution in [3.05, 3.63) is 36.9 Å². The zero-order valence-electron chi connectivity index (χ0n) is 23.1. The Morgan fingerprint density at radius 3 is 1.88 bits per heavy atom. The summed E-state index contributed by atoms with van der Waals surface area (Å²) in [7, 11) is -1.41. The first-order valence-corrected chi connectivity index (χ1v) is 24.2. The second-order valence-corrected chi connectivity index (χ2v) is 25.5. The maximum atomic E-state index is 4.09. The molecular weight excluding hydrogens is 705 g/mol. The molecule has 0 amide bonds. The van der Waals surface area contributed by atoms with Gasteiger partial charge in [0.15, 0.2) is 0 Å². The molecule has 0 unspecified atom stereocenters. The number of hydrogen-bond acceptors (Lipinski definition) is 7. The van der Waals surface area contributed by atoms with E-state index in [4.69, 9.17) is 0 Å². The molecule has 0 nitrogen and oxygen atoms in total. The first-order chi connectivity index (χ1) is 19.3. The minimum absolute atomic E-state index is 1.22. The normalized spacial score (nSPS) is 12.8. The molecule has 0 saturated heterocycles. The largest absolute Gasteiger partial charge is 0.148 e. The highest BCUT2D eigenvalue weighted by atomic mass is 79.9. The molecule has 0 fully saturated rings. The van der Waals surface area contributed by atoms with Crippen molar-refractivity contribution in [2.75, 3.05) is 0 Å². The van der Waals surface area contributed by atoms with Gasteiger partial charge in [-0.3, -0.25) is 0 Å². The van der Waals surface area contributed by atoms with Crippen LogP contribution in [0.3, 0.4) is 0 Å². The van der Waals surface area contributed by atoms with Gasteiger partial charge in [-0.2, -0.15) is 0 Å². The van der Waals surface area contributed by atoms with E-state index in [0.29, 0.717) is 0 Å². The maximum absolute atomic E-state index is 4.09. The molecule has 40 heavy (non-hydrogen) atoms. The summed E-state index contributed by atoms with van der Waals surface area (Å²) >= 11 is 17.9. The van der Waals surface area contributed by atoms with E-state index >= 15 is 0 Å². The molecule has 0 aliphatic carbocycles. The number of halogens is 1. The zero-order chi connectivity index (χ0) is 27.6. The third kappa shape index (κ3) is 4.89. The molecule has 0 aliphatic rings. The van der Waals surface area contributed by atoms with Crippen LogP contribution in [-0.2, 0) is 6.42 Å². The van der Waals surface area contributed by atoms with Gasteiger partial charge in [-0.05, 0) is 45.8 Å². The lowest BCUT2D eigenvalue weighted by Crippen LogP contribution is -2.35. The van der Waals surface area contributed by atoms with E-state index < -0.39 is 8.07 Å². The molecule has 0 aliphatic heterocycles. The quantitative estimate of drug-likeness (QED) is 0.0969. The fraction of sp³-hybridized carbons (Fsp3) is 0.355. The summed E-state index contributed by atoms with van der Waals surface area (Å²) in [6, 6.07) is 2.49. The van der Waals surface area contributed by atoms with Crippen LogP contribution in [-0.4, -0.2) is 8.07 Å². The number of fused-ring (bicyclic) bond motifs is 6. The number of aryl methyl sites for hydroxylation is 1. The van der Waals surface area contributed by atoms with Crippen molar-refractivity contribution in [3.8, 4) is 22.3 Å². The van der Waals surface area contributed by atoms with Gasteiger partial charge in [-0.25, -0.2) is 0 Å². The molecule has 7 heterocycles. The van der Waals surface area contributed by atoms with Gasteiger partial charge < -0.3 is 0 Å². The summed E-state index contributed by atoms with van der Waals surface area (Å²) in [4.78, 5) is 1.54. The highest BCUT2D eigenvalue weighted by Crippen LogP contribution is 2.54. The van der Waals surface area contributed by atoms with Gasteiger partial charge in [0.05, 0.1) is 24.1 Å². The molecule has 0 aromatic carbocycles. The Hall–Kier alpha value is -0.363. The maximum Gasteiger partial charge on any atom is 0.0920 e. The van der Waals surface area contributed by atoms with Crippen LogP contribution in [0.4, 0.5) is 0 Å². The Balaban J connectivity index is 1.29. The molecular formula is C31H31BrS7Si. The molecule has 9 heteroatoms. The predicted octanol–water partition coefficient (Wildman–Crippen LogP) is 14.3. The molecule has 0 atom stereocenters. The van der Waals surface area contributed by atoms with Crippen molar-refractivity contribution in [2.24, 2.45) is 0 Å². The van der Waals surface area contributed by atoms with Crippen LogP contribution in [0.1, 0.15) is 50.3 Å². The highest BCUT2D eigenvalue weighted by molar-refractivity contribution is 9.11. The van der Waals surface area contributed by atoms with E-state index in [1.807, 2.05) is 79.4 Å². The zero-order valence-corrected chi connectivity index (χ0v) is 31.4. The van der Waals surface area contributed by atoms with E-state index in [9.17, 15) is 0 Å². The van der Waals surface area contributed by atoms with E-state index in [1.54, 1.807) is 9.38 Å². The van der Waals surface area contributed by atoms with Crippen LogP contribution < -0.4 is 4.50 Å². The van der Waals surface area contributed by atoms with E-state index in [2.05, 4.69) is 70.1 Å². The molecule has 0 N–H and O–H groups in total. The number of hydrogen-bond donors (Lipinski definition) is 0. The molecule has 0 spiro atoms. The second kappa shape index (κ2) is 11.3. The minimum atomic E-state index is -1.41. The fourth-order valence-electron chi connectivity index (χ4n) is 5.62. The Morgan fingerprint density at radius 1 is 0.625 bits per heavy atom. The summed E-state index contributed by atoms with van der Waals surface area (Å²) in [6.45, 7) is 9.68. The predicted molar refractivity (Wildman–Crippen MR) is 200 cm³/mol. The van der Waals surface area contributed by atoms with E-state index in [1.165, 1.54) is 109 Å². The van der Waals surface area contributed by atoms with Crippen LogP contribution in [0.5, 0.6) is 0 Å². The van der Waals surface area contributed by atoms with Crippen LogP contribution >= 0.6 is 95.3 Å². The number of unbranched alkanes of at least 4 members (excludes halogenated alkanes) is 5. The average molecular weight is 736 g/mol. The monoisotopic (exact) mass is 734 g/mol. The summed E-state index contributed by atoms with van der Waals surface area (Å²) in [6.07, 6.45) is 9.40. The molecule has 7 aromatic heterocycles. The van der Waals surface area contributed by atoms with Gasteiger partial charge in [0, 0.05) is 68.2 Å². The summed E-state index contributed by atoms with van der Waals surface area (Å²) in [5.41, 5.74) is 5.73. The van der Waals surface area contributed by atoms with Crippen LogP contribution in [0.25, 0.3) is 59.9 Å². The lowest BCUT2D eigenvalue weighted by molar-refractivity contribution is 0.609. The highest BCUT2D eigenvalue weighted by Gasteiger charge is 2.28. The Kier molecular flexibility index (Phi) is 8.02. The average Bonchev–Trinajstić information content (AvgIpc) is 3.72. The standard InChI is InChI=1S/C31H31BrS7Si/c1-5-6-7-8-9-10-11-18-12-17(13-33-18)19-14-34-27-22(19)23-20(15-35-28(23)37-27)21-16-36-29-24(21)25-26(32)31(40(2,3)4)39-30(25)38-29/h12-16H,5-11H2,1-4H3. The van der Waals surface area contributed by atoms with Crippen molar-refractivity contribution in [3.63, 3.8) is 0 Å². The summed E-state index contributed by atoms with van der Waals surface area (Å²) in [5, 5.41) is 15.6. The fourth-order valence-corrected chi connectivity index (χ4v) is 19.2. The van der Waals surface area contributed by atoms with Gasteiger partial charge >= 0.3 is 0 Å². The topological polar surface area (TPSA) is 0 Å². The lowest BCUT2D eigenvalue weighted by atomic mass is 10.0. The molecule has 208 valence electrons. The second-order valence-electron chi connectivity index (χ2n) is 11.6. The van der Waals surface area contributed by atoms with Crippen molar-refractivity contribution < 1.29 is 0 Å². The first-order valence-electron chi connectivity index (χ1n) is 14.0. The molecule has 0 bridgehead atoms. The Morgan fingerprint density at radius 2 is 1.20 bits per heavy atom. The molecule has 0 saturated carbocycles. The van der Waals surface area contributed by atoms with Gasteiger partial charge in [0.1, 0.15) is 0 Å². The molecule has 0 radical (unpaired) electrons. The molecule has 7 rings (SSSR count). The SMILES string of the molecule is CCCCCCCCc1cc(-c2csc3sc4scc(-c5csc6sc7sc([Si](C)(C)C)c(Br)c7c56)c4c23)cs1. The van der Waals surface area contributed by atoms with E-state index in [-0.39, 0.29) is 0 Å². The Labute approximate surface area is 273 Å². The van der Waals surface area contributed by atoms with E-state index in [0.717, 1.165) is 0 Å². The Bertz CT molecular complexity index is 1960. The number of thiophene rings is 7. The van der Waals surface area contributed by atoms with Crippen molar-refractivity contribution in [1.82, 2.24) is 0 Å². The summed E-state index contributed by atoms with van der Waals surface area (Å²) in [5.74, 6) is 0. The van der Waals surface area contributed by atoms with Crippen molar-refractivity contribution >= 4 is 145 Å². The number of rotatable bonds is 10. The summed E-state index contributed by atoms with van der Waals surface area (Å²) < 4.78 is 8.86.